The normalized spacial score (nSPS) is 23.9. The van der Waals surface area contributed by atoms with Crippen LogP contribution < -0.4 is 5.32 Å². The first-order valence-electron chi connectivity index (χ1n) is 6.75. The average Bonchev–Trinajstić information content (AvgIpc) is 2.76. The molecule has 0 unspecified atom stereocenters. The summed E-state index contributed by atoms with van der Waals surface area (Å²) in [4.78, 5) is 36.1. The molecule has 2 amide bonds. The number of amides is 2. The Bertz CT molecular complexity index is 505. The molecule has 3 N–H and O–H groups in total. The van der Waals surface area contributed by atoms with Gasteiger partial charge >= 0.3 is 5.97 Å². The van der Waals surface area contributed by atoms with Crippen molar-refractivity contribution < 1.29 is 24.6 Å². The van der Waals surface area contributed by atoms with Crippen molar-refractivity contribution in [1.82, 2.24) is 10.2 Å². The lowest BCUT2D eigenvalue weighted by Crippen LogP contribution is -2.58. The molecule has 0 aromatic heterocycles. The molecule has 2 atom stereocenters. The summed E-state index contributed by atoms with van der Waals surface area (Å²) >= 11 is 1.36. The van der Waals surface area contributed by atoms with Gasteiger partial charge in [-0.2, -0.15) is 0 Å². The van der Waals surface area contributed by atoms with E-state index in [2.05, 4.69) is 5.32 Å². The van der Waals surface area contributed by atoms with E-state index in [4.69, 9.17) is 5.11 Å². The first-order valence-corrected chi connectivity index (χ1v) is 7.73. The molecule has 0 aromatic rings. The molecule has 7 nitrogen and oxygen atoms in total. The fraction of sp³-hybridized carbons (Fsp3) is 0.615. The summed E-state index contributed by atoms with van der Waals surface area (Å²) in [6.07, 6.45) is 0.888. The highest BCUT2D eigenvalue weighted by Gasteiger charge is 2.54. The fourth-order valence-corrected chi connectivity index (χ4v) is 3.80. The van der Waals surface area contributed by atoms with Gasteiger partial charge in [-0.25, -0.2) is 4.79 Å². The maximum atomic E-state index is 12.0. The Labute approximate surface area is 126 Å². The van der Waals surface area contributed by atoms with Gasteiger partial charge < -0.3 is 20.4 Å². The van der Waals surface area contributed by atoms with Gasteiger partial charge in [0, 0.05) is 37.2 Å². The highest BCUT2D eigenvalue weighted by molar-refractivity contribution is 8.03. The third kappa shape index (κ3) is 3.06. The molecule has 2 aliphatic rings. The molecule has 2 aliphatic heterocycles. The van der Waals surface area contributed by atoms with Crippen LogP contribution in [0, 0.1) is 5.92 Å². The predicted octanol–water partition coefficient (Wildman–Crippen LogP) is -0.235. The predicted molar refractivity (Wildman–Crippen MR) is 76.2 cm³/mol. The number of aliphatic hydroxyl groups excluding tert-OH is 1. The highest BCUT2D eigenvalue weighted by atomic mass is 32.2. The minimum atomic E-state index is -1.10. The Kier molecular flexibility index (Phi) is 4.89. The molecule has 0 aromatic carbocycles. The Balaban J connectivity index is 2.01. The van der Waals surface area contributed by atoms with Crippen molar-refractivity contribution in [3.8, 4) is 0 Å². The molecule has 116 valence electrons. The quantitative estimate of drug-likeness (QED) is 0.442. The summed E-state index contributed by atoms with van der Waals surface area (Å²) in [5.41, 5.74) is 0.0621. The number of carboxylic acids is 1. The number of carbonyl (C=O) groups excluding carboxylic acids is 2. The van der Waals surface area contributed by atoms with Crippen LogP contribution >= 0.6 is 11.8 Å². The first-order chi connectivity index (χ1) is 9.97. The van der Waals surface area contributed by atoms with Gasteiger partial charge in [0.1, 0.15) is 5.70 Å². The second-order valence-electron chi connectivity index (χ2n) is 5.01. The summed E-state index contributed by atoms with van der Waals surface area (Å²) in [6, 6.07) is -0.140. The third-order valence-corrected chi connectivity index (χ3v) is 4.76. The zero-order valence-electron chi connectivity index (χ0n) is 11.7. The fourth-order valence-electron chi connectivity index (χ4n) is 2.74. The molecular weight excluding hydrogens is 296 g/mol. The Morgan fingerprint density at radius 3 is 2.76 bits per heavy atom. The Hall–Kier alpha value is -1.54. The number of thioether (sulfide) groups is 1. The van der Waals surface area contributed by atoms with E-state index < -0.39 is 5.97 Å². The molecule has 2 rings (SSSR count). The van der Waals surface area contributed by atoms with Crippen molar-refractivity contribution in [1.29, 1.82) is 0 Å². The van der Waals surface area contributed by atoms with Crippen LogP contribution in [0.3, 0.4) is 0 Å². The van der Waals surface area contributed by atoms with E-state index in [1.807, 2.05) is 0 Å². The molecule has 0 bridgehead atoms. The topological polar surface area (TPSA) is 107 Å². The summed E-state index contributed by atoms with van der Waals surface area (Å²) in [5.74, 6) is -1.17. The molecule has 21 heavy (non-hydrogen) atoms. The molecule has 1 fully saturated rings. The number of nitrogens with zero attached hydrogens (tertiary/aromatic N) is 1. The summed E-state index contributed by atoms with van der Waals surface area (Å²) in [6.45, 7) is 1.80. The molecule has 0 spiro atoms. The maximum absolute atomic E-state index is 12.0. The van der Waals surface area contributed by atoms with Crippen LogP contribution in [-0.4, -0.2) is 57.8 Å². The van der Waals surface area contributed by atoms with Crippen molar-refractivity contribution >= 4 is 29.5 Å². The monoisotopic (exact) mass is 314 g/mol. The van der Waals surface area contributed by atoms with Crippen LogP contribution in [-0.2, 0) is 14.4 Å². The number of aliphatic hydroxyl groups is 1. The highest BCUT2D eigenvalue weighted by Crippen LogP contribution is 2.46. The summed E-state index contributed by atoms with van der Waals surface area (Å²) in [7, 11) is 0. The van der Waals surface area contributed by atoms with Gasteiger partial charge in [0.05, 0.1) is 12.0 Å². The van der Waals surface area contributed by atoms with Crippen LogP contribution in [0.1, 0.15) is 19.8 Å². The van der Waals surface area contributed by atoms with Gasteiger partial charge in [0.2, 0.25) is 11.8 Å². The zero-order chi connectivity index (χ0) is 15.6. The van der Waals surface area contributed by atoms with Crippen LogP contribution in [0.4, 0.5) is 0 Å². The first kappa shape index (κ1) is 15.8. The van der Waals surface area contributed by atoms with Gasteiger partial charge in [0.15, 0.2) is 0 Å². The van der Waals surface area contributed by atoms with E-state index in [1.165, 1.54) is 23.6 Å². The smallest absolute Gasteiger partial charge is 0.353 e. The van der Waals surface area contributed by atoms with Gasteiger partial charge in [0.25, 0.3) is 0 Å². The van der Waals surface area contributed by atoms with Crippen molar-refractivity contribution in [3.05, 3.63) is 10.6 Å². The molecule has 8 heteroatoms. The maximum Gasteiger partial charge on any atom is 0.353 e. The Morgan fingerprint density at radius 2 is 2.19 bits per heavy atom. The van der Waals surface area contributed by atoms with Gasteiger partial charge in [-0.3, -0.25) is 9.59 Å². The van der Waals surface area contributed by atoms with Crippen LogP contribution in [0.5, 0.6) is 0 Å². The number of carbonyl (C=O) groups is 3. The minimum absolute atomic E-state index is 0.0621. The van der Waals surface area contributed by atoms with E-state index in [-0.39, 0.29) is 36.1 Å². The van der Waals surface area contributed by atoms with Crippen LogP contribution in [0.25, 0.3) is 0 Å². The lowest BCUT2D eigenvalue weighted by Gasteiger charge is -2.43. The molecule has 2 heterocycles. The van der Waals surface area contributed by atoms with Crippen LogP contribution in [0.15, 0.2) is 10.6 Å². The molecule has 1 saturated heterocycles. The summed E-state index contributed by atoms with van der Waals surface area (Å²) in [5, 5.41) is 20.9. The van der Waals surface area contributed by atoms with E-state index in [1.54, 1.807) is 0 Å². The number of rotatable bonds is 7. The molecule has 0 saturated carbocycles. The average molecular weight is 314 g/mol. The lowest BCUT2D eigenvalue weighted by atomic mass is 9.85. The SMILES string of the molecule is CC(=O)NCCSC1=C(C(=O)O)N2C(=O)[C@H](CCO)[C@H]2C1. The lowest BCUT2D eigenvalue weighted by molar-refractivity contribution is -0.155. The van der Waals surface area contributed by atoms with E-state index >= 15 is 0 Å². The van der Waals surface area contributed by atoms with Gasteiger partial charge in [-0.15, -0.1) is 11.8 Å². The van der Waals surface area contributed by atoms with Gasteiger partial charge in [-0.05, 0) is 6.42 Å². The number of β-lactam (4-membered cyclic amide) rings is 1. The zero-order valence-corrected chi connectivity index (χ0v) is 12.5. The minimum Gasteiger partial charge on any atom is -0.477 e. The molecule has 0 aliphatic carbocycles. The second kappa shape index (κ2) is 6.48. The Morgan fingerprint density at radius 1 is 1.48 bits per heavy atom. The van der Waals surface area contributed by atoms with Crippen molar-refractivity contribution in [3.63, 3.8) is 0 Å². The number of nitrogens with one attached hydrogen (secondary N) is 1. The molecule has 0 radical (unpaired) electrons. The van der Waals surface area contributed by atoms with Crippen molar-refractivity contribution in [2.45, 2.75) is 25.8 Å². The number of aliphatic carboxylic acids is 1. The number of hydrogen-bond donors (Lipinski definition) is 3. The van der Waals surface area contributed by atoms with Crippen molar-refractivity contribution in [2.24, 2.45) is 5.92 Å². The summed E-state index contributed by atoms with van der Waals surface area (Å²) < 4.78 is 0. The second-order valence-corrected chi connectivity index (χ2v) is 6.20. The van der Waals surface area contributed by atoms with E-state index in [0.29, 0.717) is 30.0 Å². The largest absolute Gasteiger partial charge is 0.477 e. The van der Waals surface area contributed by atoms with Crippen molar-refractivity contribution in [2.75, 3.05) is 18.9 Å². The van der Waals surface area contributed by atoms with E-state index in [0.717, 1.165) is 0 Å². The number of fused-ring (bicyclic) bond motifs is 1. The third-order valence-electron chi connectivity index (χ3n) is 3.65. The number of carboxylic acid groups (broad SMARTS) is 1. The van der Waals surface area contributed by atoms with Crippen LogP contribution in [0.2, 0.25) is 0 Å². The molecular formula is C13H18N2O5S. The van der Waals surface area contributed by atoms with E-state index in [9.17, 15) is 19.5 Å². The standard InChI is InChI=1S/C13H18N2O5S/c1-7(17)14-3-5-21-10-6-9-8(2-4-16)12(18)15(9)11(10)13(19)20/h8-9,16H,2-6H2,1H3,(H,14,17)(H,19,20)/t8-,9-/m1/s1. The van der Waals surface area contributed by atoms with Gasteiger partial charge in [-0.1, -0.05) is 0 Å². The number of hydrogen-bond acceptors (Lipinski definition) is 5.